The first-order valence-electron chi connectivity index (χ1n) is 8.10. The van der Waals surface area contributed by atoms with Gasteiger partial charge in [0.05, 0.1) is 16.4 Å². The fourth-order valence-corrected chi connectivity index (χ4v) is 3.03. The molecule has 11 heteroatoms. The molecule has 1 amide bonds. The molecule has 0 radical (unpaired) electrons. The van der Waals surface area contributed by atoms with Crippen LogP contribution in [0.5, 0.6) is 0 Å². The van der Waals surface area contributed by atoms with Crippen LogP contribution in [0.3, 0.4) is 0 Å². The highest BCUT2D eigenvalue weighted by atomic mass is 32.2. The van der Waals surface area contributed by atoms with E-state index in [2.05, 4.69) is 20.3 Å². The predicted octanol–water partition coefficient (Wildman–Crippen LogP) is 2.34. The summed E-state index contributed by atoms with van der Waals surface area (Å²) in [5, 5.41) is 22.7. The first-order valence-corrected chi connectivity index (χ1v) is 9.08. The van der Waals surface area contributed by atoms with Crippen LogP contribution in [-0.4, -0.2) is 31.5 Å². The van der Waals surface area contributed by atoms with E-state index in [-0.39, 0.29) is 33.5 Å². The number of carbonyl (C=O) groups excluding carboxylic acids is 1. The van der Waals surface area contributed by atoms with Crippen molar-refractivity contribution < 1.29 is 9.72 Å². The Hall–Kier alpha value is -4.04. The molecule has 2 heterocycles. The molecule has 1 aromatic carbocycles. The number of anilines is 1. The maximum atomic E-state index is 12.2. The Bertz CT molecular complexity index is 1170. The Morgan fingerprint density at radius 1 is 1.34 bits per heavy atom. The Morgan fingerprint density at radius 3 is 2.86 bits per heavy atom. The van der Waals surface area contributed by atoms with Gasteiger partial charge in [-0.3, -0.25) is 24.7 Å². The average molecular weight is 408 g/mol. The molecule has 0 aliphatic rings. The molecule has 2 N–H and O–H groups in total. The van der Waals surface area contributed by atoms with E-state index in [1.165, 1.54) is 30.5 Å². The van der Waals surface area contributed by atoms with E-state index in [0.29, 0.717) is 5.56 Å². The number of thioether (sulfide) groups is 1. The molecule has 0 fully saturated rings. The van der Waals surface area contributed by atoms with Gasteiger partial charge in [-0.25, -0.2) is 4.98 Å². The number of rotatable bonds is 6. The van der Waals surface area contributed by atoms with Crippen LogP contribution in [0.2, 0.25) is 0 Å². The number of amides is 1. The minimum atomic E-state index is -0.622. The number of carbonyl (C=O) groups is 1. The highest BCUT2D eigenvalue weighted by Gasteiger charge is 2.15. The Labute approximate surface area is 167 Å². The summed E-state index contributed by atoms with van der Waals surface area (Å²) >= 11 is 0.958. The number of nitrogens with one attached hydrogen (secondary N) is 2. The van der Waals surface area contributed by atoms with Crippen molar-refractivity contribution in [3.8, 4) is 17.3 Å². The topological polar surface area (TPSA) is 155 Å². The zero-order valence-corrected chi connectivity index (χ0v) is 15.5. The van der Waals surface area contributed by atoms with Gasteiger partial charge in [0.1, 0.15) is 11.6 Å². The molecule has 144 valence electrons. The van der Waals surface area contributed by atoms with Crippen molar-refractivity contribution >= 4 is 29.0 Å². The Kier molecular flexibility index (Phi) is 5.96. The van der Waals surface area contributed by atoms with E-state index in [1.807, 2.05) is 6.07 Å². The second-order valence-electron chi connectivity index (χ2n) is 5.59. The molecule has 2 aromatic heterocycles. The normalized spacial score (nSPS) is 10.2. The number of hydrogen-bond acceptors (Lipinski definition) is 8. The van der Waals surface area contributed by atoms with Crippen molar-refractivity contribution in [2.45, 2.75) is 5.16 Å². The third-order valence-electron chi connectivity index (χ3n) is 3.63. The first-order chi connectivity index (χ1) is 14.0. The molecule has 3 aromatic rings. The third-order valence-corrected chi connectivity index (χ3v) is 4.50. The maximum absolute atomic E-state index is 12.2. The molecule has 10 nitrogen and oxygen atoms in total. The number of aromatic nitrogens is 3. The van der Waals surface area contributed by atoms with Crippen LogP contribution in [-0.2, 0) is 4.79 Å². The van der Waals surface area contributed by atoms with E-state index >= 15 is 0 Å². The summed E-state index contributed by atoms with van der Waals surface area (Å²) in [6.07, 6.45) is 3.03. The van der Waals surface area contributed by atoms with Gasteiger partial charge in [0.2, 0.25) is 5.91 Å². The van der Waals surface area contributed by atoms with Gasteiger partial charge < -0.3 is 10.3 Å². The van der Waals surface area contributed by atoms with Gasteiger partial charge in [0.15, 0.2) is 5.16 Å². The summed E-state index contributed by atoms with van der Waals surface area (Å²) in [7, 11) is 0. The quantitative estimate of drug-likeness (QED) is 0.272. The maximum Gasteiger partial charge on any atom is 0.271 e. The van der Waals surface area contributed by atoms with Crippen molar-refractivity contribution in [2.24, 2.45) is 0 Å². The van der Waals surface area contributed by atoms with Crippen molar-refractivity contribution in [3.05, 3.63) is 74.8 Å². The molecule has 0 spiro atoms. The zero-order chi connectivity index (χ0) is 20.8. The fraction of sp³-hybridized carbons (Fsp3) is 0.0556. The minimum Gasteiger partial charge on any atom is -0.325 e. The van der Waals surface area contributed by atoms with Crippen LogP contribution in [0.15, 0.2) is 58.7 Å². The van der Waals surface area contributed by atoms with Crippen LogP contribution in [0.4, 0.5) is 11.4 Å². The molecule has 29 heavy (non-hydrogen) atoms. The lowest BCUT2D eigenvalue weighted by atomic mass is 10.1. The molecule has 0 saturated carbocycles. The standard InChI is InChI=1S/C18H12N6O4S/c19-8-14-16(11-3-2-6-20-9-11)22-18(23-17(14)26)29-10-15(25)21-12-4-1-5-13(7-12)24(27)28/h1-7,9H,10H2,(H,21,25)(H,22,23,26). The van der Waals surface area contributed by atoms with Crippen molar-refractivity contribution in [1.29, 1.82) is 5.26 Å². The summed E-state index contributed by atoms with van der Waals surface area (Å²) in [5.74, 6) is -0.547. The number of hydrogen-bond donors (Lipinski definition) is 2. The van der Waals surface area contributed by atoms with Crippen molar-refractivity contribution in [3.63, 3.8) is 0 Å². The highest BCUT2D eigenvalue weighted by molar-refractivity contribution is 7.99. The number of aromatic amines is 1. The van der Waals surface area contributed by atoms with E-state index in [1.54, 1.807) is 18.3 Å². The van der Waals surface area contributed by atoms with Gasteiger partial charge in [-0.1, -0.05) is 17.8 Å². The van der Waals surface area contributed by atoms with Crippen LogP contribution in [0, 0.1) is 21.4 Å². The van der Waals surface area contributed by atoms with Gasteiger partial charge in [-0.15, -0.1) is 0 Å². The zero-order valence-electron chi connectivity index (χ0n) is 14.7. The number of pyridine rings is 1. The summed E-state index contributed by atoms with van der Waals surface area (Å²) in [4.78, 5) is 45.3. The van der Waals surface area contributed by atoms with Gasteiger partial charge in [-0.05, 0) is 18.2 Å². The second kappa shape index (κ2) is 8.77. The van der Waals surface area contributed by atoms with Crippen LogP contribution in [0.1, 0.15) is 5.56 Å². The second-order valence-corrected chi connectivity index (χ2v) is 6.56. The summed E-state index contributed by atoms with van der Waals surface area (Å²) < 4.78 is 0. The largest absolute Gasteiger partial charge is 0.325 e. The predicted molar refractivity (Wildman–Crippen MR) is 105 cm³/mol. The molecule has 0 atom stereocenters. The van der Waals surface area contributed by atoms with E-state index < -0.39 is 16.4 Å². The number of nitro groups is 1. The monoisotopic (exact) mass is 408 g/mol. The number of H-pyrrole nitrogens is 1. The molecule has 0 aliphatic carbocycles. The molecular weight excluding hydrogens is 396 g/mol. The smallest absolute Gasteiger partial charge is 0.271 e. The Morgan fingerprint density at radius 2 is 2.17 bits per heavy atom. The van der Waals surface area contributed by atoms with E-state index in [9.17, 15) is 25.0 Å². The van der Waals surface area contributed by atoms with Gasteiger partial charge in [0.25, 0.3) is 11.2 Å². The molecule has 0 saturated heterocycles. The minimum absolute atomic E-state index is 0.107. The number of benzene rings is 1. The summed E-state index contributed by atoms with van der Waals surface area (Å²) in [5.41, 5.74) is 0.0344. The average Bonchev–Trinajstić information content (AvgIpc) is 2.72. The third kappa shape index (κ3) is 4.82. The molecule has 3 rings (SSSR count). The summed E-state index contributed by atoms with van der Waals surface area (Å²) in [6.45, 7) is 0. The lowest BCUT2D eigenvalue weighted by Gasteiger charge is -2.07. The number of nitrogens with zero attached hydrogens (tertiary/aromatic N) is 4. The fourth-order valence-electron chi connectivity index (χ4n) is 2.36. The molecular formula is C18H12N6O4S. The lowest BCUT2D eigenvalue weighted by Crippen LogP contribution is -2.17. The summed E-state index contributed by atoms with van der Waals surface area (Å²) in [6, 6.07) is 10.7. The van der Waals surface area contributed by atoms with Crippen LogP contribution < -0.4 is 10.9 Å². The number of nitro benzene ring substituents is 1. The van der Waals surface area contributed by atoms with Crippen molar-refractivity contribution in [1.82, 2.24) is 15.0 Å². The van der Waals surface area contributed by atoms with Gasteiger partial charge >= 0.3 is 0 Å². The number of nitriles is 1. The lowest BCUT2D eigenvalue weighted by molar-refractivity contribution is -0.384. The Balaban J connectivity index is 1.76. The molecule has 0 unspecified atom stereocenters. The number of non-ortho nitro benzene ring substituents is 1. The molecule has 0 aliphatic heterocycles. The van der Waals surface area contributed by atoms with Crippen LogP contribution >= 0.6 is 11.8 Å². The SMILES string of the molecule is N#Cc1c(-c2cccnc2)nc(SCC(=O)Nc2cccc([N+](=O)[O-])c2)[nH]c1=O. The van der Waals surface area contributed by atoms with E-state index in [4.69, 9.17) is 0 Å². The molecule has 0 bridgehead atoms. The first kappa shape index (κ1) is 19.7. The van der Waals surface area contributed by atoms with Gasteiger partial charge in [-0.2, -0.15) is 5.26 Å². The van der Waals surface area contributed by atoms with Crippen LogP contribution in [0.25, 0.3) is 11.3 Å². The van der Waals surface area contributed by atoms with Gasteiger partial charge in [0, 0.05) is 35.8 Å². The van der Waals surface area contributed by atoms with E-state index in [0.717, 1.165) is 11.8 Å². The highest BCUT2D eigenvalue weighted by Crippen LogP contribution is 2.22. The van der Waals surface area contributed by atoms with Crippen molar-refractivity contribution in [2.75, 3.05) is 11.1 Å².